The number of aromatic amines is 1. The minimum atomic E-state index is -0.393. The van der Waals surface area contributed by atoms with Crippen LogP contribution < -0.4 is 10.6 Å². The molecular weight excluding hydrogens is 441 g/mol. The summed E-state index contributed by atoms with van der Waals surface area (Å²) in [7, 11) is 0. The quantitative estimate of drug-likeness (QED) is 0.412. The van der Waals surface area contributed by atoms with Crippen LogP contribution in [-0.2, 0) is 6.54 Å². The van der Waals surface area contributed by atoms with E-state index in [-0.39, 0.29) is 12.4 Å². The zero-order valence-electron chi connectivity index (χ0n) is 14.2. The van der Waals surface area contributed by atoms with Gasteiger partial charge in [-0.05, 0) is 53.5 Å². The summed E-state index contributed by atoms with van der Waals surface area (Å²) in [6.07, 6.45) is 2.67. The summed E-state index contributed by atoms with van der Waals surface area (Å²) >= 11 is 4.87. The van der Waals surface area contributed by atoms with Gasteiger partial charge in [0.05, 0.1) is 10.4 Å². The van der Waals surface area contributed by atoms with Crippen LogP contribution in [-0.4, -0.2) is 28.0 Å². The number of thiophene rings is 1. The normalized spacial score (nSPS) is 10.7. The number of halogens is 3. The third-order valence-corrected chi connectivity index (χ3v) is 6.36. The fourth-order valence-electron chi connectivity index (χ4n) is 2.43. The second-order valence-electron chi connectivity index (χ2n) is 5.62. The molecule has 0 saturated carbocycles. The SMILES string of the molecule is C=C(F)c1sc(CNCCCNc2nc3ncccc3[nH]2)c(C)c1Br.Cl. The molecule has 0 aliphatic carbocycles. The third kappa shape index (κ3) is 4.82. The van der Waals surface area contributed by atoms with Crippen molar-refractivity contribution in [2.75, 3.05) is 18.4 Å². The molecule has 3 heterocycles. The van der Waals surface area contributed by atoms with Crippen LogP contribution in [0.5, 0.6) is 0 Å². The summed E-state index contributed by atoms with van der Waals surface area (Å²) in [6, 6.07) is 3.83. The first-order valence-electron chi connectivity index (χ1n) is 7.94. The van der Waals surface area contributed by atoms with Crippen LogP contribution in [0.25, 0.3) is 17.0 Å². The molecule has 0 aromatic carbocycles. The number of H-pyrrole nitrogens is 1. The number of pyridine rings is 1. The molecule has 3 N–H and O–H groups in total. The van der Waals surface area contributed by atoms with Gasteiger partial charge in [-0.15, -0.1) is 23.7 Å². The smallest absolute Gasteiger partial charge is 0.202 e. The van der Waals surface area contributed by atoms with Crippen molar-refractivity contribution in [3.8, 4) is 0 Å². The second kappa shape index (κ2) is 9.45. The molecule has 0 saturated heterocycles. The van der Waals surface area contributed by atoms with E-state index in [1.54, 1.807) is 6.20 Å². The molecule has 140 valence electrons. The highest BCUT2D eigenvalue weighted by atomic mass is 79.9. The Morgan fingerprint density at radius 3 is 2.92 bits per heavy atom. The number of hydrogen-bond donors (Lipinski definition) is 3. The Balaban J connectivity index is 0.00000243. The molecule has 0 amide bonds. The minimum Gasteiger partial charge on any atom is -0.356 e. The Bertz CT molecular complexity index is 862. The highest BCUT2D eigenvalue weighted by molar-refractivity contribution is 9.10. The van der Waals surface area contributed by atoms with Crippen LogP contribution >= 0.6 is 39.7 Å². The Labute approximate surface area is 170 Å². The monoisotopic (exact) mass is 459 g/mol. The van der Waals surface area contributed by atoms with Crippen molar-refractivity contribution >= 4 is 62.6 Å². The van der Waals surface area contributed by atoms with E-state index >= 15 is 0 Å². The maximum atomic E-state index is 13.4. The summed E-state index contributed by atoms with van der Waals surface area (Å²) in [5, 5.41) is 6.65. The molecule has 0 atom stereocenters. The maximum Gasteiger partial charge on any atom is 0.202 e. The topological polar surface area (TPSA) is 65.6 Å². The zero-order valence-corrected chi connectivity index (χ0v) is 17.5. The summed E-state index contributed by atoms with van der Waals surface area (Å²) in [5.74, 6) is 0.341. The first-order valence-corrected chi connectivity index (χ1v) is 9.55. The first-order chi connectivity index (χ1) is 12.1. The summed E-state index contributed by atoms with van der Waals surface area (Å²) in [6.45, 7) is 7.74. The van der Waals surface area contributed by atoms with Crippen LogP contribution in [0.15, 0.2) is 29.4 Å². The van der Waals surface area contributed by atoms with E-state index in [1.165, 1.54) is 11.3 Å². The van der Waals surface area contributed by atoms with Crippen LogP contribution in [0.1, 0.15) is 21.7 Å². The Kier molecular flexibility index (Phi) is 7.57. The van der Waals surface area contributed by atoms with E-state index in [0.717, 1.165) is 52.4 Å². The van der Waals surface area contributed by atoms with E-state index in [2.05, 4.69) is 48.1 Å². The van der Waals surface area contributed by atoms with Gasteiger partial charge >= 0.3 is 0 Å². The summed E-state index contributed by atoms with van der Waals surface area (Å²) in [4.78, 5) is 13.5. The lowest BCUT2D eigenvalue weighted by molar-refractivity contribution is 0.666. The number of imidazole rings is 1. The predicted molar refractivity (Wildman–Crippen MR) is 113 cm³/mol. The predicted octanol–water partition coefficient (Wildman–Crippen LogP) is 5.04. The van der Waals surface area contributed by atoms with Gasteiger partial charge in [0, 0.05) is 28.6 Å². The van der Waals surface area contributed by atoms with Gasteiger partial charge in [0.2, 0.25) is 5.95 Å². The van der Waals surface area contributed by atoms with Gasteiger partial charge in [0.25, 0.3) is 0 Å². The zero-order chi connectivity index (χ0) is 17.8. The maximum absolute atomic E-state index is 13.4. The highest BCUT2D eigenvalue weighted by Crippen LogP contribution is 2.37. The van der Waals surface area contributed by atoms with Gasteiger partial charge in [-0.2, -0.15) is 4.98 Å². The van der Waals surface area contributed by atoms with Crippen molar-refractivity contribution in [3.63, 3.8) is 0 Å². The summed E-state index contributed by atoms with van der Waals surface area (Å²) in [5.41, 5.74) is 2.71. The standard InChI is InChI=1S/C17H19BrFN5S.ClH/c1-10-13(25-15(11(2)19)14(10)18)9-20-6-4-8-22-17-23-12-5-3-7-21-16(12)24-17;/h3,5,7,20H,2,4,6,8-9H2,1H3,(H2,21,22,23,24);1H. The highest BCUT2D eigenvalue weighted by Gasteiger charge is 2.14. The second-order valence-corrected chi connectivity index (χ2v) is 7.51. The van der Waals surface area contributed by atoms with Crippen LogP contribution in [0, 0.1) is 6.92 Å². The first kappa shape index (κ1) is 20.8. The summed E-state index contributed by atoms with van der Waals surface area (Å²) < 4.78 is 14.2. The van der Waals surface area contributed by atoms with Crippen molar-refractivity contribution in [1.29, 1.82) is 0 Å². The molecule has 0 bridgehead atoms. The van der Waals surface area contributed by atoms with Crippen molar-refractivity contribution in [1.82, 2.24) is 20.3 Å². The molecule has 0 aliphatic heterocycles. The van der Waals surface area contributed by atoms with Crippen LogP contribution in [0.2, 0.25) is 0 Å². The minimum absolute atomic E-state index is 0. The Hall–Kier alpha value is -1.48. The molecule has 0 unspecified atom stereocenters. The number of fused-ring (bicyclic) bond motifs is 1. The van der Waals surface area contributed by atoms with Crippen LogP contribution in [0.4, 0.5) is 10.3 Å². The van der Waals surface area contributed by atoms with E-state index in [9.17, 15) is 4.39 Å². The average Bonchev–Trinajstić information content (AvgIpc) is 3.13. The molecule has 0 fully saturated rings. The van der Waals surface area contributed by atoms with Crippen molar-refractivity contribution in [3.05, 3.63) is 44.7 Å². The lowest BCUT2D eigenvalue weighted by Crippen LogP contribution is -2.17. The molecule has 0 radical (unpaired) electrons. The van der Waals surface area contributed by atoms with Crippen LogP contribution in [0.3, 0.4) is 0 Å². The number of hydrogen-bond acceptors (Lipinski definition) is 5. The van der Waals surface area contributed by atoms with Crippen molar-refractivity contribution in [2.24, 2.45) is 0 Å². The molecule has 3 aromatic heterocycles. The largest absolute Gasteiger partial charge is 0.356 e. The molecule has 3 aromatic rings. The van der Waals surface area contributed by atoms with Gasteiger partial charge in [0.15, 0.2) is 5.65 Å². The van der Waals surface area contributed by atoms with Gasteiger partial charge < -0.3 is 15.6 Å². The Morgan fingerprint density at radius 2 is 2.23 bits per heavy atom. The number of nitrogens with one attached hydrogen (secondary N) is 3. The average molecular weight is 461 g/mol. The van der Waals surface area contributed by atoms with Gasteiger partial charge in [-0.1, -0.05) is 6.58 Å². The molecule has 3 rings (SSSR count). The molecule has 5 nitrogen and oxygen atoms in total. The van der Waals surface area contributed by atoms with Crippen molar-refractivity contribution in [2.45, 2.75) is 19.9 Å². The molecule has 9 heteroatoms. The Morgan fingerprint density at radius 1 is 1.42 bits per heavy atom. The molecule has 26 heavy (non-hydrogen) atoms. The number of anilines is 1. The van der Waals surface area contributed by atoms with Gasteiger partial charge in [-0.25, -0.2) is 9.37 Å². The third-order valence-electron chi connectivity index (χ3n) is 3.78. The van der Waals surface area contributed by atoms with Gasteiger partial charge in [0.1, 0.15) is 5.83 Å². The molecule has 0 aliphatic rings. The van der Waals surface area contributed by atoms with Crippen molar-refractivity contribution < 1.29 is 4.39 Å². The fraction of sp³-hybridized carbons (Fsp3) is 0.294. The number of aromatic nitrogens is 3. The lowest BCUT2D eigenvalue weighted by atomic mass is 10.2. The fourth-order valence-corrected chi connectivity index (χ4v) is 4.29. The van der Waals surface area contributed by atoms with E-state index in [1.807, 2.05) is 19.1 Å². The van der Waals surface area contributed by atoms with E-state index in [4.69, 9.17) is 0 Å². The van der Waals surface area contributed by atoms with E-state index < -0.39 is 5.83 Å². The number of rotatable bonds is 8. The van der Waals surface area contributed by atoms with E-state index in [0.29, 0.717) is 10.5 Å². The van der Waals surface area contributed by atoms with Gasteiger partial charge in [-0.3, -0.25) is 0 Å². The number of nitrogens with zero attached hydrogens (tertiary/aromatic N) is 2. The molecular formula is C17H20BrClFN5S. The lowest BCUT2D eigenvalue weighted by Gasteiger charge is -2.05. The molecule has 0 spiro atoms.